The molecule has 0 radical (unpaired) electrons. The largest absolute Gasteiger partial charge is 0.350 e. The topological polar surface area (TPSA) is 49.4 Å². The average molecular weight is 453 g/mol. The predicted molar refractivity (Wildman–Crippen MR) is 104 cm³/mol. The summed E-state index contributed by atoms with van der Waals surface area (Å²) in [6, 6.07) is 13.0. The summed E-state index contributed by atoms with van der Waals surface area (Å²) < 4.78 is 1.03. The van der Waals surface area contributed by atoms with Crippen LogP contribution >= 0.6 is 34.2 Å². The lowest BCUT2D eigenvalue weighted by Gasteiger charge is -2.17. The number of anilines is 2. The maximum Gasteiger partial charge on any atom is 0.283 e. The third kappa shape index (κ3) is 3.06. The molecule has 2 aromatic carbocycles. The van der Waals surface area contributed by atoms with Gasteiger partial charge in [-0.1, -0.05) is 23.7 Å². The first-order valence-electron chi connectivity index (χ1n) is 7.27. The summed E-state index contributed by atoms with van der Waals surface area (Å²) >= 11 is 8.33. The van der Waals surface area contributed by atoms with Crippen molar-refractivity contribution in [1.82, 2.24) is 0 Å². The molecule has 0 saturated heterocycles. The fraction of sp³-hybridized carbons (Fsp3) is 0.111. The number of hydrogen-bond donors (Lipinski definition) is 1. The van der Waals surface area contributed by atoms with Crippen molar-refractivity contribution < 1.29 is 9.59 Å². The van der Waals surface area contributed by atoms with E-state index in [0.29, 0.717) is 11.4 Å². The lowest BCUT2D eigenvalue weighted by atomic mass is 10.2. The number of halogens is 2. The molecule has 0 unspecified atom stereocenters. The first-order chi connectivity index (χ1) is 11.4. The normalized spacial score (nSPS) is 14.6. The molecule has 1 heterocycles. The Morgan fingerprint density at radius 1 is 1.04 bits per heavy atom. The number of imide groups is 1. The molecule has 1 aliphatic rings. The average Bonchev–Trinajstić information content (AvgIpc) is 2.72. The second kappa shape index (κ2) is 6.57. The SMILES string of the molecule is Cc1cccc(NC2=C(Cl)C(=O)N(c3ccc(I)cc3C)C2=O)c1. The number of amides is 2. The van der Waals surface area contributed by atoms with Gasteiger partial charge in [-0.05, 0) is 77.9 Å². The van der Waals surface area contributed by atoms with Crippen LogP contribution in [0.25, 0.3) is 0 Å². The van der Waals surface area contributed by atoms with Crippen LogP contribution < -0.4 is 10.2 Å². The van der Waals surface area contributed by atoms with E-state index < -0.39 is 11.8 Å². The quantitative estimate of drug-likeness (QED) is 0.557. The molecule has 3 rings (SSSR count). The van der Waals surface area contributed by atoms with Gasteiger partial charge in [-0.15, -0.1) is 0 Å². The summed E-state index contributed by atoms with van der Waals surface area (Å²) in [5, 5.41) is 2.88. The van der Waals surface area contributed by atoms with E-state index in [4.69, 9.17) is 11.6 Å². The van der Waals surface area contributed by atoms with Gasteiger partial charge in [0.1, 0.15) is 10.7 Å². The summed E-state index contributed by atoms with van der Waals surface area (Å²) in [6.45, 7) is 3.81. The monoisotopic (exact) mass is 452 g/mol. The lowest BCUT2D eigenvalue weighted by Crippen LogP contribution is -2.32. The van der Waals surface area contributed by atoms with Gasteiger partial charge in [0.05, 0.1) is 5.69 Å². The van der Waals surface area contributed by atoms with E-state index in [1.165, 1.54) is 0 Å². The van der Waals surface area contributed by atoms with Crippen molar-refractivity contribution in [1.29, 1.82) is 0 Å². The second-order valence-electron chi connectivity index (χ2n) is 5.56. The van der Waals surface area contributed by atoms with Gasteiger partial charge in [0.15, 0.2) is 0 Å². The number of carbonyl (C=O) groups is 2. The molecule has 0 atom stereocenters. The Morgan fingerprint density at radius 2 is 1.79 bits per heavy atom. The van der Waals surface area contributed by atoms with Crippen LogP contribution in [0.4, 0.5) is 11.4 Å². The Morgan fingerprint density at radius 3 is 2.46 bits per heavy atom. The minimum absolute atomic E-state index is 0.0977. The molecule has 0 bridgehead atoms. The van der Waals surface area contributed by atoms with Gasteiger partial charge in [0.2, 0.25) is 0 Å². The van der Waals surface area contributed by atoms with Crippen LogP contribution in [0.1, 0.15) is 11.1 Å². The van der Waals surface area contributed by atoms with Crippen LogP contribution in [0.15, 0.2) is 53.2 Å². The molecule has 0 fully saturated rings. The molecule has 2 aromatic rings. The van der Waals surface area contributed by atoms with E-state index in [9.17, 15) is 9.59 Å². The fourth-order valence-corrected chi connectivity index (χ4v) is 3.43. The van der Waals surface area contributed by atoms with E-state index in [1.54, 1.807) is 6.07 Å². The Kier molecular flexibility index (Phi) is 4.64. The molecule has 0 aliphatic carbocycles. The standard InChI is InChI=1S/C18H14ClIN2O2/c1-10-4-3-5-13(8-10)21-16-15(19)17(23)22(18(16)24)14-7-6-12(20)9-11(14)2/h3-9,21H,1-2H3. The van der Waals surface area contributed by atoms with Crippen molar-refractivity contribution in [3.05, 3.63) is 67.9 Å². The molecule has 0 saturated carbocycles. The number of rotatable bonds is 3. The molecule has 1 N–H and O–H groups in total. The molecule has 4 nitrogen and oxygen atoms in total. The van der Waals surface area contributed by atoms with E-state index in [2.05, 4.69) is 27.9 Å². The zero-order valence-electron chi connectivity index (χ0n) is 13.1. The highest BCUT2D eigenvalue weighted by Gasteiger charge is 2.39. The van der Waals surface area contributed by atoms with E-state index in [1.807, 2.05) is 50.2 Å². The Balaban J connectivity index is 1.95. The Labute approximate surface area is 158 Å². The van der Waals surface area contributed by atoms with Gasteiger partial charge in [-0.3, -0.25) is 9.59 Å². The van der Waals surface area contributed by atoms with Crippen LogP contribution in [-0.4, -0.2) is 11.8 Å². The van der Waals surface area contributed by atoms with Gasteiger partial charge < -0.3 is 5.32 Å². The summed E-state index contributed by atoms with van der Waals surface area (Å²) in [7, 11) is 0. The molecular weight excluding hydrogens is 439 g/mol. The van der Waals surface area contributed by atoms with Crippen LogP contribution in [0.5, 0.6) is 0 Å². The zero-order valence-corrected chi connectivity index (χ0v) is 16.0. The first-order valence-corrected chi connectivity index (χ1v) is 8.72. The highest BCUT2D eigenvalue weighted by Crippen LogP contribution is 2.32. The zero-order chi connectivity index (χ0) is 17.4. The van der Waals surface area contributed by atoms with Gasteiger partial charge in [-0.25, -0.2) is 4.90 Å². The summed E-state index contributed by atoms with van der Waals surface area (Å²) in [4.78, 5) is 26.4. The van der Waals surface area contributed by atoms with Crippen LogP contribution in [-0.2, 0) is 9.59 Å². The molecule has 0 aromatic heterocycles. The maximum absolute atomic E-state index is 12.8. The molecule has 24 heavy (non-hydrogen) atoms. The maximum atomic E-state index is 12.8. The summed E-state index contributed by atoms with van der Waals surface area (Å²) in [6.07, 6.45) is 0. The minimum Gasteiger partial charge on any atom is -0.350 e. The van der Waals surface area contributed by atoms with Gasteiger partial charge in [0, 0.05) is 9.26 Å². The number of nitrogens with one attached hydrogen (secondary N) is 1. The van der Waals surface area contributed by atoms with E-state index in [-0.39, 0.29) is 10.7 Å². The smallest absolute Gasteiger partial charge is 0.283 e. The van der Waals surface area contributed by atoms with Crippen molar-refractivity contribution in [2.24, 2.45) is 0 Å². The third-order valence-electron chi connectivity index (χ3n) is 3.71. The second-order valence-corrected chi connectivity index (χ2v) is 7.18. The van der Waals surface area contributed by atoms with Crippen molar-refractivity contribution in [2.45, 2.75) is 13.8 Å². The molecule has 6 heteroatoms. The highest BCUT2D eigenvalue weighted by molar-refractivity contribution is 14.1. The van der Waals surface area contributed by atoms with Gasteiger partial charge in [0.25, 0.3) is 11.8 Å². The van der Waals surface area contributed by atoms with Crippen LogP contribution in [0.3, 0.4) is 0 Å². The highest BCUT2D eigenvalue weighted by atomic mass is 127. The predicted octanol–water partition coefficient (Wildman–Crippen LogP) is 4.34. The molecule has 2 amide bonds. The number of nitrogens with zero attached hydrogens (tertiary/aromatic N) is 1. The van der Waals surface area contributed by atoms with Crippen molar-refractivity contribution in [3.8, 4) is 0 Å². The number of aryl methyl sites for hydroxylation is 2. The van der Waals surface area contributed by atoms with Crippen molar-refractivity contribution >= 4 is 57.4 Å². The Hall–Kier alpha value is -1.86. The molecule has 1 aliphatic heterocycles. The van der Waals surface area contributed by atoms with Crippen molar-refractivity contribution in [2.75, 3.05) is 10.2 Å². The molecular formula is C18H14ClIN2O2. The van der Waals surface area contributed by atoms with E-state index >= 15 is 0 Å². The third-order valence-corrected chi connectivity index (χ3v) is 4.74. The summed E-state index contributed by atoms with van der Waals surface area (Å²) in [5.74, 6) is -0.961. The first kappa shape index (κ1) is 17.0. The van der Waals surface area contributed by atoms with Crippen LogP contribution in [0, 0.1) is 17.4 Å². The van der Waals surface area contributed by atoms with Crippen molar-refractivity contribution in [3.63, 3.8) is 0 Å². The van der Waals surface area contributed by atoms with Gasteiger partial charge >= 0.3 is 0 Å². The number of carbonyl (C=O) groups excluding carboxylic acids is 2. The molecule has 0 spiro atoms. The van der Waals surface area contributed by atoms with E-state index in [0.717, 1.165) is 19.6 Å². The fourth-order valence-electron chi connectivity index (χ4n) is 2.57. The lowest BCUT2D eigenvalue weighted by molar-refractivity contribution is -0.120. The number of benzene rings is 2. The van der Waals surface area contributed by atoms with Crippen LogP contribution in [0.2, 0.25) is 0 Å². The Bertz CT molecular complexity index is 892. The van der Waals surface area contributed by atoms with Gasteiger partial charge in [-0.2, -0.15) is 0 Å². The number of hydrogen-bond acceptors (Lipinski definition) is 3. The summed E-state index contributed by atoms with van der Waals surface area (Å²) in [5.41, 5.74) is 3.24. The minimum atomic E-state index is -0.513. The molecule has 122 valence electrons.